The Bertz CT molecular complexity index is 227. The van der Waals surface area contributed by atoms with Crippen LogP contribution in [-0.2, 0) is 4.79 Å². The van der Waals surface area contributed by atoms with Gasteiger partial charge in [0.15, 0.2) is 0 Å². The second-order valence-corrected chi connectivity index (χ2v) is 5.18. The van der Waals surface area contributed by atoms with Gasteiger partial charge < -0.3 is 5.11 Å². The average molecular weight is 217 g/mol. The second kappa shape index (κ2) is 4.92. The van der Waals surface area contributed by atoms with Crippen LogP contribution in [0.3, 0.4) is 0 Å². The van der Waals surface area contributed by atoms with Crippen molar-refractivity contribution in [3.8, 4) is 0 Å². The lowest BCUT2D eigenvalue weighted by Gasteiger charge is -2.38. The lowest BCUT2D eigenvalue weighted by molar-refractivity contribution is -0.131. The van der Waals surface area contributed by atoms with E-state index < -0.39 is 5.41 Å². The number of hydrogen-bond donors (Lipinski definition) is 3. The third kappa shape index (κ3) is 3.77. The van der Waals surface area contributed by atoms with Gasteiger partial charge in [0.25, 0.3) is 0 Å². The van der Waals surface area contributed by atoms with Gasteiger partial charge in [-0.2, -0.15) is 0 Å². The van der Waals surface area contributed by atoms with Crippen molar-refractivity contribution in [2.45, 2.75) is 33.2 Å². The SMILES string of the molecule is CN(CC(C)(C)C(=O)NN)C(C)(C)CO. The number of aliphatic hydroxyl groups is 1. The fourth-order valence-corrected chi connectivity index (χ4v) is 1.19. The molecule has 15 heavy (non-hydrogen) atoms. The Hall–Kier alpha value is -0.650. The Morgan fingerprint density at radius 1 is 1.40 bits per heavy atom. The number of nitrogens with zero attached hydrogens (tertiary/aromatic N) is 1. The van der Waals surface area contributed by atoms with Crippen molar-refractivity contribution in [2.75, 3.05) is 20.2 Å². The quantitative estimate of drug-likeness (QED) is 0.336. The molecule has 0 spiro atoms. The molecule has 0 radical (unpaired) electrons. The molecule has 0 unspecified atom stereocenters. The van der Waals surface area contributed by atoms with E-state index in [2.05, 4.69) is 5.43 Å². The summed E-state index contributed by atoms with van der Waals surface area (Å²) in [6.07, 6.45) is 0. The van der Waals surface area contributed by atoms with Crippen LogP contribution in [-0.4, -0.2) is 41.7 Å². The highest BCUT2D eigenvalue weighted by Crippen LogP contribution is 2.21. The number of likely N-dealkylation sites (N-methyl/N-ethyl adjacent to an activating group) is 1. The fourth-order valence-electron chi connectivity index (χ4n) is 1.19. The molecule has 1 amide bonds. The summed E-state index contributed by atoms with van der Waals surface area (Å²) in [7, 11) is 1.88. The zero-order valence-electron chi connectivity index (χ0n) is 10.3. The molecule has 0 aliphatic carbocycles. The average Bonchev–Trinajstić information content (AvgIpc) is 2.15. The monoisotopic (exact) mass is 217 g/mol. The van der Waals surface area contributed by atoms with E-state index in [-0.39, 0.29) is 18.1 Å². The molecule has 0 aromatic heterocycles. The van der Waals surface area contributed by atoms with E-state index in [0.29, 0.717) is 6.54 Å². The van der Waals surface area contributed by atoms with E-state index in [1.54, 1.807) is 0 Å². The first-order valence-electron chi connectivity index (χ1n) is 5.00. The topological polar surface area (TPSA) is 78.6 Å². The number of carbonyl (C=O) groups excluding carboxylic acids is 1. The summed E-state index contributed by atoms with van der Waals surface area (Å²) < 4.78 is 0. The first-order chi connectivity index (χ1) is 6.67. The maximum absolute atomic E-state index is 11.5. The van der Waals surface area contributed by atoms with Gasteiger partial charge in [-0.05, 0) is 34.7 Å². The van der Waals surface area contributed by atoms with E-state index >= 15 is 0 Å². The molecule has 0 aliphatic rings. The van der Waals surface area contributed by atoms with Crippen LogP contribution in [0.1, 0.15) is 27.7 Å². The van der Waals surface area contributed by atoms with E-state index in [9.17, 15) is 9.90 Å². The van der Waals surface area contributed by atoms with Gasteiger partial charge in [-0.25, -0.2) is 5.84 Å². The molecule has 5 nitrogen and oxygen atoms in total. The molecular weight excluding hydrogens is 194 g/mol. The fraction of sp³-hybridized carbons (Fsp3) is 0.900. The molecule has 0 saturated heterocycles. The number of nitrogens with one attached hydrogen (secondary N) is 1. The standard InChI is InChI=1S/C10H23N3O2/c1-9(2,8(15)12-11)6-13(5)10(3,4)7-14/h14H,6-7,11H2,1-5H3,(H,12,15). The summed E-state index contributed by atoms with van der Waals surface area (Å²) in [5, 5.41) is 9.19. The van der Waals surface area contributed by atoms with E-state index in [4.69, 9.17) is 5.84 Å². The minimum absolute atomic E-state index is 0.0455. The van der Waals surface area contributed by atoms with Crippen LogP contribution in [0.25, 0.3) is 0 Å². The van der Waals surface area contributed by atoms with Crippen molar-refractivity contribution >= 4 is 5.91 Å². The summed E-state index contributed by atoms with van der Waals surface area (Å²) >= 11 is 0. The van der Waals surface area contributed by atoms with Crippen LogP contribution in [0.4, 0.5) is 0 Å². The van der Waals surface area contributed by atoms with E-state index in [1.165, 1.54) is 0 Å². The molecule has 0 fully saturated rings. The summed E-state index contributed by atoms with van der Waals surface area (Å²) in [5.41, 5.74) is 1.24. The van der Waals surface area contributed by atoms with Crippen molar-refractivity contribution in [3.05, 3.63) is 0 Å². The van der Waals surface area contributed by atoms with Crippen molar-refractivity contribution in [2.24, 2.45) is 11.3 Å². The van der Waals surface area contributed by atoms with Crippen LogP contribution >= 0.6 is 0 Å². The van der Waals surface area contributed by atoms with Crippen LogP contribution < -0.4 is 11.3 Å². The van der Waals surface area contributed by atoms with Gasteiger partial charge in [0.1, 0.15) is 0 Å². The number of nitrogens with two attached hydrogens (primary N) is 1. The Morgan fingerprint density at radius 2 is 1.87 bits per heavy atom. The Balaban J connectivity index is 4.53. The summed E-state index contributed by atoms with van der Waals surface area (Å²) in [6.45, 7) is 8.05. The third-order valence-corrected chi connectivity index (χ3v) is 2.80. The summed E-state index contributed by atoms with van der Waals surface area (Å²) in [4.78, 5) is 13.4. The molecule has 0 aromatic carbocycles. The van der Waals surface area contributed by atoms with Crippen LogP contribution in [0, 0.1) is 5.41 Å². The minimum atomic E-state index is -0.573. The number of hydrogen-bond acceptors (Lipinski definition) is 4. The molecule has 0 saturated carbocycles. The molecule has 0 aromatic rings. The van der Waals surface area contributed by atoms with Crippen LogP contribution in [0.5, 0.6) is 0 Å². The third-order valence-electron chi connectivity index (χ3n) is 2.80. The lowest BCUT2D eigenvalue weighted by atomic mass is 9.90. The van der Waals surface area contributed by atoms with Crippen molar-refractivity contribution in [1.29, 1.82) is 0 Å². The molecule has 0 aliphatic heterocycles. The van der Waals surface area contributed by atoms with Gasteiger partial charge in [0.05, 0.1) is 12.0 Å². The van der Waals surface area contributed by atoms with Crippen molar-refractivity contribution in [1.82, 2.24) is 10.3 Å². The Morgan fingerprint density at radius 3 is 2.20 bits per heavy atom. The maximum Gasteiger partial charge on any atom is 0.240 e. The number of amides is 1. The molecule has 5 heteroatoms. The largest absolute Gasteiger partial charge is 0.394 e. The highest BCUT2D eigenvalue weighted by atomic mass is 16.3. The molecule has 0 atom stereocenters. The first kappa shape index (κ1) is 14.3. The summed E-state index contributed by atoms with van der Waals surface area (Å²) in [6, 6.07) is 0. The predicted molar refractivity (Wildman–Crippen MR) is 59.9 cm³/mol. The number of aliphatic hydroxyl groups excluding tert-OH is 1. The number of hydrazine groups is 1. The van der Waals surface area contributed by atoms with Crippen LogP contribution in [0.15, 0.2) is 0 Å². The summed E-state index contributed by atoms with van der Waals surface area (Å²) in [5.74, 6) is 4.90. The van der Waals surface area contributed by atoms with Crippen molar-refractivity contribution < 1.29 is 9.90 Å². The zero-order chi connectivity index (χ0) is 12.3. The highest BCUT2D eigenvalue weighted by Gasteiger charge is 2.33. The first-order valence-corrected chi connectivity index (χ1v) is 5.00. The maximum atomic E-state index is 11.5. The highest BCUT2D eigenvalue weighted by molar-refractivity contribution is 5.81. The molecule has 4 N–H and O–H groups in total. The normalized spacial score (nSPS) is 13.1. The number of rotatable bonds is 5. The van der Waals surface area contributed by atoms with Gasteiger partial charge >= 0.3 is 0 Å². The van der Waals surface area contributed by atoms with Crippen molar-refractivity contribution in [3.63, 3.8) is 0 Å². The lowest BCUT2D eigenvalue weighted by Crippen LogP contribution is -2.52. The van der Waals surface area contributed by atoms with E-state index in [0.717, 1.165) is 0 Å². The van der Waals surface area contributed by atoms with Gasteiger partial charge in [-0.1, -0.05) is 0 Å². The number of carbonyl (C=O) groups is 1. The second-order valence-electron chi connectivity index (χ2n) is 5.18. The predicted octanol–water partition coefficient (Wildman–Crippen LogP) is -0.295. The van der Waals surface area contributed by atoms with Gasteiger partial charge in [0.2, 0.25) is 5.91 Å². The Kier molecular flexibility index (Phi) is 4.70. The van der Waals surface area contributed by atoms with Gasteiger partial charge in [-0.15, -0.1) is 0 Å². The van der Waals surface area contributed by atoms with E-state index in [1.807, 2.05) is 39.6 Å². The molecule has 0 rings (SSSR count). The van der Waals surface area contributed by atoms with Gasteiger partial charge in [0, 0.05) is 12.1 Å². The Labute approximate surface area is 91.6 Å². The smallest absolute Gasteiger partial charge is 0.240 e. The van der Waals surface area contributed by atoms with Gasteiger partial charge in [-0.3, -0.25) is 15.1 Å². The molecular formula is C10H23N3O2. The molecule has 90 valence electrons. The van der Waals surface area contributed by atoms with Crippen LogP contribution in [0.2, 0.25) is 0 Å². The zero-order valence-corrected chi connectivity index (χ0v) is 10.3. The minimum Gasteiger partial charge on any atom is -0.394 e. The molecule has 0 bridgehead atoms. The molecule has 0 heterocycles.